The fourth-order valence-electron chi connectivity index (χ4n) is 3.64. The zero-order chi connectivity index (χ0) is 19.1. The molecule has 0 radical (unpaired) electrons. The highest BCUT2D eigenvalue weighted by atomic mass is 16.2. The molecule has 4 amide bonds. The summed E-state index contributed by atoms with van der Waals surface area (Å²) in [4.78, 5) is 40.4. The fraction of sp³-hybridized carbons (Fsp3) is 0.550. The minimum Gasteiger partial charge on any atom is -0.354 e. The molecule has 146 valence electrons. The van der Waals surface area contributed by atoms with Gasteiger partial charge in [0.2, 0.25) is 5.91 Å². The van der Waals surface area contributed by atoms with Crippen LogP contribution in [0.15, 0.2) is 30.3 Å². The molecule has 0 aliphatic carbocycles. The summed E-state index contributed by atoms with van der Waals surface area (Å²) >= 11 is 0. The van der Waals surface area contributed by atoms with Crippen LogP contribution in [0.1, 0.15) is 36.0 Å². The van der Waals surface area contributed by atoms with E-state index in [-0.39, 0.29) is 23.8 Å². The molecule has 7 nitrogen and oxygen atoms in total. The van der Waals surface area contributed by atoms with Crippen LogP contribution in [0.4, 0.5) is 4.79 Å². The lowest BCUT2D eigenvalue weighted by Crippen LogP contribution is -2.48. The molecule has 1 aromatic rings. The van der Waals surface area contributed by atoms with E-state index >= 15 is 0 Å². The highest BCUT2D eigenvalue weighted by Crippen LogP contribution is 2.20. The molecule has 2 aliphatic heterocycles. The molecule has 0 bridgehead atoms. The van der Waals surface area contributed by atoms with E-state index in [0.29, 0.717) is 44.6 Å². The lowest BCUT2D eigenvalue weighted by molar-refractivity contribution is -0.126. The molecule has 0 aromatic heterocycles. The van der Waals surface area contributed by atoms with Gasteiger partial charge in [-0.25, -0.2) is 4.79 Å². The minimum atomic E-state index is -0.140. The monoisotopic (exact) mass is 372 g/mol. The predicted octanol–water partition coefficient (Wildman–Crippen LogP) is 1.46. The van der Waals surface area contributed by atoms with Gasteiger partial charge in [-0.3, -0.25) is 9.59 Å². The summed E-state index contributed by atoms with van der Waals surface area (Å²) in [6.45, 7) is 3.79. The number of carbonyl (C=O) groups excluding carboxylic acids is 3. The third-order valence-corrected chi connectivity index (χ3v) is 5.26. The number of amides is 4. The number of rotatable bonds is 5. The van der Waals surface area contributed by atoms with Crippen LogP contribution in [-0.4, -0.2) is 66.9 Å². The summed E-state index contributed by atoms with van der Waals surface area (Å²) in [6, 6.07) is 9.13. The molecule has 0 unspecified atom stereocenters. The third kappa shape index (κ3) is 5.21. The van der Waals surface area contributed by atoms with E-state index in [0.717, 1.165) is 25.9 Å². The van der Waals surface area contributed by atoms with Gasteiger partial charge >= 0.3 is 6.03 Å². The number of hydrogen-bond donors (Lipinski definition) is 2. The van der Waals surface area contributed by atoms with Crippen molar-refractivity contribution >= 4 is 17.8 Å². The smallest absolute Gasteiger partial charge is 0.319 e. The highest BCUT2D eigenvalue weighted by molar-refractivity contribution is 5.94. The van der Waals surface area contributed by atoms with Crippen LogP contribution in [0.25, 0.3) is 0 Å². The van der Waals surface area contributed by atoms with E-state index in [4.69, 9.17) is 0 Å². The van der Waals surface area contributed by atoms with Gasteiger partial charge in [-0.1, -0.05) is 18.2 Å². The quantitative estimate of drug-likeness (QED) is 0.768. The molecule has 1 aromatic carbocycles. The Morgan fingerprint density at radius 2 is 1.44 bits per heavy atom. The molecular formula is C20H28N4O3. The lowest BCUT2D eigenvalue weighted by atomic mass is 9.96. The standard InChI is InChI=1S/C20H28N4O3/c25-18(16-6-2-1-3-7-16)21-10-11-22-19(26)17-8-14-24(15-9-17)20(27)23-12-4-5-13-23/h1-3,6-7,17H,4-5,8-15H2,(H,21,25)(H,22,26). The predicted molar refractivity (Wildman–Crippen MR) is 102 cm³/mol. The van der Waals surface area contributed by atoms with Gasteiger partial charge < -0.3 is 20.4 Å². The van der Waals surface area contributed by atoms with Crippen molar-refractivity contribution in [3.63, 3.8) is 0 Å². The number of benzene rings is 1. The molecule has 2 N–H and O–H groups in total. The number of nitrogens with zero attached hydrogens (tertiary/aromatic N) is 2. The average Bonchev–Trinajstić information content (AvgIpc) is 3.26. The molecule has 27 heavy (non-hydrogen) atoms. The Hall–Kier alpha value is -2.57. The maximum Gasteiger partial charge on any atom is 0.319 e. The van der Waals surface area contributed by atoms with E-state index in [1.807, 2.05) is 28.0 Å². The van der Waals surface area contributed by atoms with Crippen molar-refractivity contribution in [3.8, 4) is 0 Å². The van der Waals surface area contributed by atoms with E-state index in [9.17, 15) is 14.4 Å². The third-order valence-electron chi connectivity index (χ3n) is 5.26. The zero-order valence-electron chi connectivity index (χ0n) is 15.7. The topological polar surface area (TPSA) is 81.8 Å². The molecule has 0 saturated carbocycles. The van der Waals surface area contributed by atoms with Crippen LogP contribution in [-0.2, 0) is 4.79 Å². The summed E-state index contributed by atoms with van der Waals surface area (Å²) in [6.07, 6.45) is 3.57. The van der Waals surface area contributed by atoms with Gasteiger partial charge in [-0.15, -0.1) is 0 Å². The number of carbonyl (C=O) groups is 3. The lowest BCUT2D eigenvalue weighted by Gasteiger charge is -2.34. The van der Waals surface area contributed by atoms with E-state index < -0.39 is 0 Å². The average molecular weight is 372 g/mol. The summed E-state index contributed by atoms with van der Waals surface area (Å²) in [5.74, 6) is -0.187. The Labute approximate surface area is 160 Å². The number of likely N-dealkylation sites (tertiary alicyclic amines) is 2. The molecule has 7 heteroatoms. The number of piperidine rings is 1. The highest BCUT2D eigenvalue weighted by Gasteiger charge is 2.30. The molecular weight excluding hydrogens is 344 g/mol. The van der Waals surface area contributed by atoms with Crippen LogP contribution >= 0.6 is 0 Å². The van der Waals surface area contributed by atoms with Crippen molar-refractivity contribution in [1.82, 2.24) is 20.4 Å². The summed E-state index contributed by atoms with van der Waals surface area (Å²) in [5, 5.41) is 5.69. The first-order valence-corrected chi connectivity index (χ1v) is 9.80. The first-order valence-electron chi connectivity index (χ1n) is 9.80. The fourth-order valence-corrected chi connectivity index (χ4v) is 3.64. The molecule has 0 spiro atoms. The second-order valence-corrected chi connectivity index (χ2v) is 7.15. The Morgan fingerprint density at radius 3 is 2.11 bits per heavy atom. The first kappa shape index (κ1) is 19.2. The van der Waals surface area contributed by atoms with Gasteiger partial charge in [0.15, 0.2) is 0 Å². The van der Waals surface area contributed by atoms with Crippen molar-refractivity contribution in [2.45, 2.75) is 25.7 Å². The number of hydrogen-bond acceptors (Lipinski definition) is 3. The van der Waals surface area contributed by atoms with Gasteiger partial charge in [-0.05, 0) is 37.8 Å². The van der Waals surface area contributed by atoms with Crippen LogP contribution < -0.4 is 10.6 Å². The van der Waals surface area contributed by atoms with Crippen molar-refractivity contribution in [1.29, 1.82) is 0 Å². The Balaban J connectivity index is 1.32. The van der Waals surface area contributed by atoms with Crippen LogP contribution in [0.3, 0.4) is 0 Å². The van der Waals surface area contributed by atoms with Gasteiger partial charge in [0.1, 0.15) is 0 Å². The van der Waals surface area contributed by atoms with E-state index in [2.05, 4.69) is 10.6 Å². The van der Waals surface area contributed by atoms with Gasteiger partial charge in [-0.2, -0.15) is 0 Å². The number of urea groups is 1. The van der Waals surface area contributed by atoms with Gasteiger partial charge in [0, 0.05) is 50.7 Å². The molecule has 2 fully saturated rings. The normalized spacial score (nSPS) is 17.6. The van der Waals surface area contributed by atoms with E-state index in [1.54, 1.807) is 12.1 Å². The Bertz CT molecular complexity index is 650. The summed E-state index contributed by atoms with van der Waals surface area (Å²) < 4.78 is 0. The van der Waals surface area contributed by atoms with Gasteiger partial charge in [0.05, 0.1) is 0 Å². The number of nitrogens with one attached hydrogen (secondary N) is 2. The maximum absolute atomic E-state index is 12.4. The van der Waals surface area contributed by atoms with Crippen molar-refractivity contribution < 1.29 is 14.4 Å². The SMILES string of the molecule is O=C(NCCNC(=O)C1CCN(C(=O)N2CCCC2)CC1)c1ccccc1. The molecule has 2 heterocycles. The maximum atomic E-state index is 12.4. The van der Waals surface area contributed by atoms with Crippen molar-refractivity contribution in [3.05, 3.63) is 35.9 Å². The second kappa shape index (κ2) is 9.39. The van der Waals surface area contributed by atoms with Crippen LogP contribution in [0.2, 0.25) is 0 Å². The van der Waals surface area contributed by atoms with Crippen molar-refractivity contribution in [2.24, 2.45) is 5.92 Å². The van der Waals surface area contributed by atoms with Crippen molar-refractivity contribution in [2.75, 3.05) is 39.3 Å². The first-order chi connectivity index (χ1) is 13.1. The molecule has 3 rings (SSSR count). The molecule has 0 atom stereocenters. The zero-order valence-corrected chi connectivity index (χ0v) is 15.7. The van der Waals surface area contributed by atoms with Gasteiger partial charge in [0.25, 0.3) is 5.91 Å². The summed E-state index contributed by atoms with van der Waals surface area (Å²) in [7, 11) is 0. The summed E-state index contributed by atoms with van der Waals surface area (Å²) in [5.41, 5.74) is 0.610. The minimum absolute atomic E-state index is 0.0113. The molecule has 2 aliphatic rings. The molecule has 2 saturated heterocycles. The van der Waals surface area contributed by atoms with E-state index in [1.165, 1.54) is 0 Å². The Kier molecular flexibility index (Phi) is 6.68. The van der Waals surface area contributed by atoms with Crippen LogP contribution in [0.5, 0.6) is 0 Å². The Morgan fingerprint density at radius 1 is 0.852 bits per heavy atom. The second-order valence-electron chi connectivity index (χ2n) is 7.15. The van der Waals surface area contributed by atoms with Crippen LogP contribution in [0, 0.1) is 5.92 Å². The largest absolute Gasteiger partial charge is 0.354 e.